The molecule has 0 saturated carbocycles. The van der Waals surface area contributed by atoms with Crippen molar-refractivity contribution in [2.24, 2.45) is 5.92 Å². The Bertz CT molecular complexity index is 199. The van der Waals surface area contributed by atoms with Crippen LogP contribution < -0.4 is 0 Å². The summed E-state index contributed by atoms with van der Waals surface area (Å²) < 4.78 is 1.66. The van der Waals surface area contributed by atoms with Gasteiger partial charge in [-0.2, -0.15) is 0 Å². The molecule has 1 heteroatoms. The first-order chi connectivity index (χ1) is 4.66. The number of allylic oxidation sites excluding steroid dienone is 4. The second-order valence-corrected chi connectivity index (χ2v) is 4.23. The summed E-state index contributed by atoms with van der Waals surface area (Å²) in [6.45, 7) is 6.72. The van der Waals surface area contributed by atoms with Crippen LogP contribution in [-0.2, 0) is 24.7 Å². The summed E-state index contributed by atoms with van der Waals surface area (Å²) in [7, 11) is 0. The van der Waals surface area contributed by atoms with Gasteiger partial charge in [0.1, 0.15) is 0 Å². The van der Waals surface area contributed by atoms with Gasteiger partial charge < -0.3 is 0 Å². The molecule has 0 nitrogen and oxygen atoms in total. The van der Waals surface area contributed by atoms with E-state index in [1.807, 2.05) is 0 Å². The van der Waals surface area contributed by atoms with Crippen molar-refractivity contribution in [3.8, 4) is 0 Å². The molecule has 0 aliphatic heterocycles. The minimum atomic E-state index is 0.776. The quantitative estimate of drug-likeness (QED) is 0.627. The first-order valence-corrected chi connectivity index (χ1v) is 5.01. The van der Waals surface area contributed by atoms with Crippen molar-refractivity contribution in [3.63, 3.8) is 0 Å². The molecule has 0 N–H and O–H groups in total. The third-order valence-corrected chi connectivity index (χ3v) is 4.09. The summed E-state index contributed by atoms with van der Waals surface area (Å²) in [6.07, 6.45) is 3.68. The van der Waals surface area contributed by atoms with Gasteiger partial charge in [0.05, 0.1) is 0 Å². The molecule has 10 heavy (non-hydrogen) atoms. The summed E-state index contributed by atoms with van der Waals surface area (Å²) in [6, 6.07) is 0. The van der Waals surface area contributed by atoms with E-state index in [2.05, 4.69) is 26.8 Å². The van der Waals surface area contributed by atoms with Crippen molar-refractivity contribution in [2.75, 3.05) is 0 Å². The van der Waals surface area contributed by atoms with Gasteiger partial charge in [-0.1, -0.05) is 0 Å². The Morgan fingerprint density at radius 1 is 1.50 bits per heavy atom. The summed E-state index contributed by atoms with van der Waals surface area (Å²) >= 11 is 1.60. The molecule has 0 aromatic carbocycles. The molecule has 53 valence electrons. The van der Waals surface area contributed by atoms with Crippen molar-refractivity contribution in [3.05, 3.63) is 20.5 Å². The first kappa shape index (κ1) is 8.46. The molecule has 0 aromatic rings. The van der Waals surface area contributed by atoms with Crippen LogP contribution in [0.3, 0.4) is 0 Å². The average molecular weight is 212 g/mol. The number of hydrogen-bond donors (Lipinski definition) is 0. The molecule has 0 amide bonds. The zero-order chi connectivity index (χ0) is 7.72. The van der Waals surface area contributed by atoms with Crippen LogP contribution in [0, 0.1) is 5.92 Å². The second-order valence-electron chi connectivity index (χ2n) is 2.90. The van der Waals surface area contributed by atoms with E-state index in [0.717, 1.165) is 5.92 Å². The number of hydrogen-bond acceptors (Lipinski definition) is 0. The number of rotatable bonds is 1. The molecule has 1 unspecified atom stereocenters. The molecule has 0 spiro atoms. The predicted octanol–water partition coefficient (Wildman–Crippen LogP) is 2.79. The molecule has 0 bridgehead atoms. The molecule has 0 fully saturated rings. The minimum absolute atomic E-state index is 0.776. The van der Waals surface area contributed by atoms with E-state index in [0.29, 0.717) is 0 Å². The van der Waals surface area contributed by atoms with Gasteiger partial charge >= 0.3 is 78.3 Å². The topological polar surface area (TPSA) is 0 Å². The van der Waals surface area contributed by atoms with Gasteiger partial charge in [-0.05, 0) is 0 Å². The molecule has 0 aromatic heterocycles. The molecule has 1 aliphatic rings. The van der Waals surface area contributed by atoms with Crippen LogP contribution in [0.25, 0.3) is 0 Å². The third kappa shape index (κ3) is 1.34. The van der Waals surface area contributed by atoms with Crippen LogP contribution in [0.1, 0.15) is 27.2 Å². The SMILES string of the molecule is CCC1C=C(C)C(C)=[C]1[Zr]. The molecule has 1 rings (SSSR count). The standard InChI is InChI=1S/C9H13.Zr/c1-4-9-5-7(2)8(3)6-9;/h5,9H,4H2,1-3H3;. The molecule has 0 radical (unpaired) electrons. The maximum atomic E-state index is 2.40. The molecular weight excluding hydrogens is 199 g/mol. The van der Waals surface area contributed by atoms with Crippen LogP contribution >= 0.6 is 0 Å². The van der Waals surface area contributed by atoms with E-state index < -0.39 is 0 Å². The van der Waals surface area contributed by atoms with Crippen LogP contribution in [-0.4, -0.2) is 0 Å². The maximum absolute atomic E-state index is 2.40. The fraction of sp³-hybridized carbons (Fsp3) is 0.556. The van der Waals surface area contributed by atoms with Crippen LogP contribution in [0.15, 0.2) is 20.5 Å². The van der Waals surface area contributed by atoms with Crippen LogP contribution in [0.5, 0.6) is 0 Å². The van der Waals surface area contributed by atoms with Gasteiger partial charge in [0, 0.05) is 0 Å². The molecule has 1 aliphatic carbocycles. The van der Waals surface area contributed by atoms with Crippen molar-refractivity contribution in [2.45, 2.75) is 27.2 Å². The van der Waals surface area contributed by atoms with Crippen molar-refractivity contribution >= 4 is 0 Å². The van der Waals surface area contributed by atoms with E-state index in [-0.39, 0.29) is 0 Å². The Hall–Kier alpha value is 0.363. The summed E-state index contributed by atoms with van der Waals surface area (Å²) in [5.41, 5.74) is 3.05. The summed E-state index contributed by atoms with van der Waals surface area (Å²) in [4.78, 5) is 0. The summed E-state index contributed by atoms with van der Waals surface area (Å²) in [5.74, 6) is 0.776. The predicted molar refractivity (Wildman–Crippen MR) is 40.2 cm³/mol. The van der Waals surface area contributed by atoms with Crippen molar-refractivity contribution in [1.29, 1.82) is 0 Å². The Morgan fingerprint density at radius 3 is 2.30 bits per heavy atom. The average Bonchev–Trinajstić information content (AvgIpc) is 2.17. The van der Waals surface area contributed by atoms with Gasteiger partial charge in [0.25, 0.3) is 0 Å². The van der Waals surface area contributed by atoms with Gasteiger partial charge in [-0.25, -0.2) is 0 Å². The van der Waals surface area contributed by atoms with E-state index in [9.17, 15) is 0 Å². The molecule has 0 heterocycles. The second kappa shape index (κ2) is 3.17. The fourth-order valence-corrected chi connectivity index (χ4v) is 2.51. The van der Waals surface area contributed by atoms with Gasteiger partial charge in [0.15, 0.2) is 0 Å². The van der Waals surface area contributed by atoms with Crippen molar-refractivity contribution < 1.29 is 24.7 Å². The first-order valence-electron chi connectivity index (χ1n) is 3.78. The fourth-order valence-electron chi connectivity index (χ4n) is 1.32. The monoisotopic (exact) mass is 211 g/mol. The molecule has 1 atom stereocenters. The Kier molecular flexibility index (Phi) is 2.69. The zero-order valence-electron chi connectivity index (χ0n) is 6.86. The van der Waals surface area contributed by atoms with E-state index in [4.69, 9.17) is 0 Å². The Balaban J connectivity index is 2.88. The van der Waals surface area contributed by atoms with E-state index >= 15 is 0 Å². The van der Waals surface area contributed by atoms with Gasteiger partial charge in [-0.15, -0.1) is 0 Å². The molecular formula is C9H13Zr. The third-order valence-electron chi connectivity index (χ3n) is 2.26. The van der Waals surface area contributed by atoms with Gasteiger partial charge in [-0.3, -0.25) is 0 Å². The van der Waals surface area contributed by atoms with Crippen LogP contribution in [0.2, 0.25) is 0 Å². The van der Waals surface area contributed by atoms with E-state index in [1.54, 1.807) is 33.6 Å². The van der Waals surface area contributed by atoms with Gasteiger partial charge in [0.2, 0.25) is 0 Å². The Labute approximate surface area is 78.2 Å². The summed E-state index contributed by atoms with van der Waals surface area (Å²) in [5, 5.41) is 0. The van der Waals surface area contributed by atoms with E-state index in [1.165, 1.54) is 12.0 Å². The normalized spacial score (nSPS) is 25.4. The van der Waals surface area contributed by atoms with Crippen molar-refractivity contribution in [1.82, 2.24) is 0 Å². The Morgan fingerprint density at radius 2 is 2.10 bits per heavy atom. The zero-order valence-corrected chi connectivity index (χ0v) is 9.32. The molecule has 0 saturated heterocycles. The van der Waals surface area contributed by atoms with Crippen LogP contribution in [0.4, 0.5) is 0 Å².